The van der Waals surface area contributed by atoms with Crippen molar-refractivity contribution in [3.8, 4) is 11.4 Å². The number of rotatable bonds is 7. The van der Waals surface area contributed by atoms with Gasteiger partial charge in [-0.1, -0.05) is 11.3 Å². The molecule has 1 aliphatic heterocycles. The Morgan fingerprint density at radius 2 is 2.04 bits per heavy atom. The van der Waals surface area contributed by atoms with Crippen molar-refractivity contribution < 1.29 is 18.5 Å². The second kappa shape index (κ2) is 7.72. The molecule has 2 aromatic heterocycles. The SMILES string of the molecule is CCOP(=O)(OCC)[C@@H]1C[C@H](n2cc(-c3ccccn3)nn2)ON1C. The Bertz CT molecular complexity index is 731. The van der Waals surface area contributed by atoms with Crippen LogP contribution in [0.2, 0.25) is 0 Å². The molecule has 9 nitrogen and oxygen atoms in total. The van der Waals surface area contributed by atoms with Crippen LogP contribution in [0.25, 0.3) is 11.4 Å². The second-order valence-corrected chi connectivity index (χ2v) is 7.69. The van der Waals surface area contributed by atoms with Crippen molar-refractivity contribution in [3.63, 3.8) is 0 Å². The Kier molecular flexibility index (Phi) is 5.61. The highest BCUT2D eigenvalue weighted by Gasteiger charge is 2.46. The summed E-state index contributed by atoms with van der Waals surface area (Å²) in [5.74, 6) is -0.500. The van der Waals surface area contributed by atoms with Crippen molar-refractivity contribution in [2.75, 3.05) is 20.3 Å². The maximum absolute atomic E-state index is 13.0. The van der Waals surface area contributed by atoms with Crippen LogP contribution in [0, 0.1) is 0 Å². The van der Waals surface area contributed by atoms with E-state index in [0.717, 1.165) is 5.69 Å². The van der Waals surface area contributed by atoms with E-state index in [0.29, 0.717) is 25.3 Å². The number of hydroxylamine groups is 2. The quantitative estimate of drug-likeness (QED) is 0.690. The number of hydrogen-bond donors (Lipinski definition) is 0. The number of aromatic nitrogens is 4. The minimum atomic E-state index is -3.31. The van der Waals surface area contributed by atoms with Crippen LogP contribution in [0.5, 0.6) is 0 Å². The predicted octanol–water partition coefficient (Wildman–Crippen LogP) is 2.70. The number of nitrogens with zero attached hydrogens (tertiary/aromatic N) is 5. The van der Waals surface area contributed by atoms with Crippen molar-refractivity contribution in [1.82, 2.24) is 25.0 Å². The Morgan fingerprint density at radius 1 is 1.28 bits per heavy atom. The highest BCUT2D eigenvalue weighted by molar-refractivity contribution is 7.54. The van der Waals surface area contributed by atoms with Gasteiger partial charge in [0.05, 0.1) is 25.1 Å². The monoisotopic (exact) mass is 367 g/mol. The molecule has 1 fully saturated rings. The molecule has 1 saturated heterocycles. The minimum absolute atomic E-state index is 0.305. The molecule has 25 heavy (non-hydrogen) atoms. The van der Waals surface area contributed by atoms with Gasteiger partial charge >= 0.3 is 7.60 Å². The molecule has 0 radical (unpaired) electrons. The summed E-state index contributed by atoms with van der Waals surface area (Å²) in [4.78, 5) is 10.0. The maximum Gasteiger partial charge on any atom is 0.350 e. The summed E-state index contributed by atoms with van der Waals surface area (Å²) in [5, 5.41) is 9.78. The Labute approximate surface area is 146 Å². The lowest BCUT2D eigenvalue weighted by Crippen LogP contribution is -2.25. The molecule has 0 saturated carbocycles. The first-order valence-corrected chi connectivity index (χ1v) is 9.80. The van der Waals surface area contributed by atoms with Crippen molar-refractivity contribution in [2.24, 2.45) is 0 Å². The zero-order valence-electron chi connectivity index (χ0n) is 14.5. The highest BCUT2D eigenvalue weighted by atomic mass is 31.2. The van der Waals surface area contributed by atoms with E-state index in [1.165, 1.54) is 5.06 Å². The summed E-state index contributed by atoms with van der Waals surface area (Å²) < 4.78 is 25.5. The van der Waals surface area contributed by atoms with Crippen molar-refractivity contribution in [3.05, 3.63) is 30.6 Å². The van der Waals surface area contributed by atoms with E-state index >= 15 is 0 Å². The smallest absolute Gasteiger partial charge is 0.308 e. The van der Waals surface area contributed by atoms with Gasteiger partial charge in [-0.05, 0) is 26.0 Å². The molecule has 0 aliphatic carbocycles. The first-order valence-electron chi connectivity index (χ1n) is 8.19. The van der Waals surface area contributed by atoms with Crippen LogP contribution >= 0.6 is 7.60 Å². The van der Waals surface area contributed by atoms with E-state index in [2.05, 4.69) is 15.3 Å². The van der Waals surface area contributed by atoms with Gasteiger partial charge in [-0.2, -0.15) is 5.06 Å². The predicted molar refractivity (Wildman–Crippen MR) is 90.4 cm³/mol. The summed E-state index contributed by atoms with van der Waals surface area (Å²) >= 11 is 0. The van der Waals surface area contributed by atoms with Crippen LogP contribution < -0.4 is 0 Å². The van der Waals surface area contributed by atoms with Crippen LogP contribution in [-0.2, 0) is 18.5 Å². The lowest BCUT2D eigenvalue weighted by molar-refractivity contribution is -0.162. The van der Waals surface area contributed by atoms with E-state index in [1.54, 1.807) is 38.0 Å². The minimum Gasteiger partial charge on any atom is -0.308 e. The number of hydrogen-bond acceptors (Lipinski definition) is 8. The molecular weight excluding hydrogens is 345 g/mol. The first-order chi connectivity index (χ1) is 12.1. The summed E-state index contributed by atoms with van der Waals surface area (Å²) in [6.45, 7) is 4.18. The first kappa shape index (κ1) is 18.2. The third kappa shape index (κ3) is 3.80. The molecule has 0 bridgehead atoms. The van der Waals surface area contributed by atoms with E-state index in [9.17, 15) is 4.57 Å². The zero-order valence-corrected chi connectivity index (χ0v) is 15.4. The van der Waals surface area contributed by atoms with Crippen LogP contribution in [0.4, 0.5) is 0 Å². The Morgan fingerprint density at radius 3 is 2.68 bits per heavy atom. The molecule has 136 valence electrons. The van der Waals surface area contributed by atoms with Gasteiger partial charge in [0.2, 0.25) is 0 Å². The topological polar surface area (TPSA) is 91.6 Å². The standard InChI is InChI=1S/C15H22N5O4P/c1-4-22-25(21,23-5-2)15-10-14(24-19(15)3)20-11-13(17-18-20)12-8-6-7-9-16-12/h6-9,11,14-15H,4-5,10H2,1-3H3/t14-,15-/m1/s1. The van der Waals surface area contributed by atoms with Gasteiger partial charge in [-0.25, -0.2) is 4.68 Å². The summed E-state index contributed by atoms with van der Waals surface area (Å²) in [7, 11) is -1.59. The third-order valence-corrected chi connectivity index (χ3v) is 6.34. The molecule has 0 N–H and O–H groups in total. The van der Waals surface area contributed by atoms with Gasteiger partial charge in [0.25, 0.3) is 0 Å². The molecule has 2 atom stereocenters. The van der Waals surface area contributed by atoms with E-state index in [1.807, 2.05) is 18.2 Å². The third-order valence-electron chi connectivity index (χ3n) is 3.84. The van der Waals surface area contributed by atoms with Gasteiger partial charge in [0.15, 0.2) is 6.23 Å². The Hall–Kier alpha value is -1.64. The van der Waals surface area contributed by atoms with Crippen LogP contribution in [-0.4, -0.2) is 51.1 Å². The van der Waals surface area contributed by atoms with Crippen LogP contribution in [0.1, 0.15) is 26.5 Å². The largest absolute Gasteiger partial charge is 0.350 e. The van der Waals surface area contributed by atoms with Gasteiger partial charge in [-0.3, -0.25) is 14.4 Å². The Balaban J connectivity index is 1.77. The molecule has 2 aromatic rings. The normalized spacial score (nSPS) is 21.7. The maximum atomic E-state index is 13.0. The van der Waals surface area contributed by atoms with E-state index < -0.39 is 19.6 Å². The fraction of sp³-hybridized carbons (Fsp3) is 0.533. The average molecular weight is 367 g/mol. The number of pyridine rings is 1. The van der Waals surface area contributed by atoms with Crippen molar-refractivity contribution >= 4 is 7.60 Å². The van der Waals surface area contributed by atoms with E-state index in [-0.39, 0.29) is 0 Å². The summed E-state index contributed by atoms with van der Waals surface area (Å²) in [6, 6.07) is 5.58. The molecule has 1 aliphatic rings. The molecular formula is C15H22N5O4P. The molecule has 0 unspecified atom stereocenters. The fourth-order valence-electron chi connectivity index (χ4n) is 2.74. The fourth-order valence-corrected chi connectivity index (χ4v) is 4.77. The summed E-state index contributed by atoms with van der Waals surface area (Å²) in [6.07, 6.45) is 3.44. The molecule has 0 aromatic carbocycles. The summed E-state index contributed by atoms with van der Waals surface area (Å²) in [5.41, 5.74) is 1.37. The average Bonchev–Trinajstić information content (AvgIpc) is 3.23. The van der Waals surface area contributed by atoms with Gasteiger partial charge in [0.1, 0.15) is 11.5 Å². The van der Waals surface area contributed by atoms with Crippen LogP contribution in [0.3, 0.4) is 0 Å². The molecule has 3 heterocycles. The zero-order chi connectivity index (χ0) is 17.9. The lowest BCUT2D eigenvalue weighted by atomic mass is 10.3. The van der Waals surface area contributed by atoms with Gasteiger partial charge < -0.3 is 9.05 Å². The van der Waals surface area contributed by atoms with Crippen molar-refractivity contribution in [1.29, 1.82) is 0 Å². The molecule has 0 amide bonds. The molecule has 10 heteroatoms. The van der Waals surface area contributed by atoms with Gasteiger partial charge in [0, 0.05) is 19.7 Å². The molecule has 0 spiro atoms. The van der Waals surface area contributed by atoms with Gasteiger partial charge in [-0.15, -0.1) is 5.10 Å². The van der Waals surface area contributed by atoms with Crippen molar-refractivity contribution in [2.45, 2.75) is 32.3 Å². The highest BCUT2D eigenvalue weighted by Crippen LogP contribution is 2.58. The lowest BCUT2D eigenvalue weighted by Gasteiger charge is -2.25. The second-order valence-electron chi connectivity index (χ2n) is 5.50. The van der Waals surface area contributed by atoms with E-state index in [4.69, 9.17) is 13.9 Å². The van der Waals surface area contributed by atoms with Crippen LogP contribution in [0.15, 0.2) is 30.6 Å². The molecule has 3 rings (SSSR count).